The highest BCUT2D eigenvalue weighted by Crippen LogP contribution is 2.22. The Balaban J connectivity index is 0.00000200. The zero-order valence-electron chi connectivity index (χ0n) is 11.1. The average Bonchev–Trinajstić information content (AvgIpc) is 2.41. The normalized spacial score (nSPS) is 18.2. The van der Waals surface area contributed by atoms with Gasteiger partial charge in [-0.1, -0.05) is 27.5 Å². The zero-order chi connectivity index (χ0) is 13.7. The fourth-order valence-corrected chi connectivity index (χ4v) is 2.90. The zero-order valence-corrected chi connectivity index (χ0v) is 14.3. The van der Waals surface area contributed by atoms with Crippen LogP contribution >= 0.6 is 39.9 Å². The third-order valence-corrected chi connectivity index (χ3v) is 4.30. The summed E-state index contributed by atoms with van der Waals surface area (Å²) in [5.74, 6) is 0.112. The van der Waals surface area contributed by atoms with E-state index in [4.69, 9.17) is 11.6 Å². The number of hydrogen-bond donors (Lipinski definition) is 2. The highest BCUT2D eigenvalue weighted by atomic mass is 79.9. The maximum Gasteiger partial charge on any atom is 0.220 e. The molecule has 0 unspecified atom stereocenters. The van der Waals surface area contributed by atoms with Crippen molar-refractivity contribution in [1.29, 1.82) is 0 Å². The van der Waals surface area contributed by atoms with Crippen molar-refractivity contribution >= 4 is 45.8 Å². The number of carbonyl (C=O) groups is 1. The van der Waals surface area contributed by atoms with Crippen molar-refractivity contribution in [3.8, 4) is 0 Å². The summed E-state index contributed by atoms with van der Waals surface area (Å²) in [4.78, 5) is 11.9. The minimum atomic E-state index is 0. The van der Waals surface area contributed by atoms with Gasteiger partial charge in [-0.2, -0.15) is 0 Å². The molecule has 1 fully saturated rings. The molecule has 0 aliphatic carbocycles. The Morgan fingerprint density at radius 3 is 3.00 bits per heavy atom. The lowest BCUT2D eigenvalue weighted by Crippen LogP contribution is -2.45. The van der Waals surface area contributed by atoms with Gasteiger partial charge in [0.05, 0.1) is 0 Å². The van der Waals surface area contributed by atoms with E-state index in [2.05, 4.69) is 26.6 Å². The molecule has 0 radical (unpaired) electrons. The summed E-state index contributed by atoms with van der Waals surface area (Å²) in [6.45, 7) is 1.94. The first-order valence-electron chi connectivity index (χ1n) is 6.59. The molecular weight excluding hydrogens is 363 g/mol. The fourth-order valence-electron chi connectivity index (χ4n) is 2.26. The molecule has 1 aliphatic rings. The molecule has 1 atom stereocenters. The van der Waals surface area contributed by atoms with Crippen LogP contribution in [0.15, 0.2) is 22.7 Å². The van der Waals surface area contributed by atoms with Crippen LogP contribution in [0.3, 0.4) is 0 Å². The molecule has 1 aromatic carbocycles. The predicted molar refractivity (Wildman–Crippen MR) is 88.8 cm³/mol. The number of amides is 1. The number of hydrogen-bond acceptors (Lipinski definition) is 2. The van der Waals surface area contributed by atoms with E-state index in [0.717, 1.165) is 36.0 Å². The van der Waals surface area contributed by atoms with Gasteiger partial charge in [0, 0.05) is 28.5 Å². The summed E-state index contributed by atoms with van der Waals surface area (Å²) in [6.07, 6.45) is 3.40. The molecule has 1 aromatic rings. The van der Waals surface area contributed by atoms with E-state index in [0.29, 0.717) is 17.9 Å². The molecular formula is C14H19BrCl2N2O. The maximum absolute atomic E-state index is 11.9. The minimum Gasteiger partial charge on any atom is -0.352 e. The first-order valence-corrected chi connectivity index (χ1v) is 7.76. The van der Waals surface area contributed by atoms with E-state index in [1.54, 1.807) is 0 Å². The Bertz CT molecular complexity index is 451. The molecule has 2 N–H and O–H groups in total. The largest absolute Gasteiger partial charge is 0.352 e. The molecule has 3 nitrogen and oxygen atoms in total. The molecule has 2 rings (SSSR count). The summed E-state index contributed by atoms with van der Waals surface area (Å²) in [5, 5.41) is 7.07. The third-order valence-electron chi connectivity index (χ3n) is 3.29. The van der Waals surface area contributed by atoms with Gasteiger partial charge in [0.15, 0.2) is 0 Å². The fraction of sp³-hybridized carbons (Fsp3) is 0.500. The van der Waals surface area contributed by atoms with E-state index >= 15 is 0 Å². The van der Waals surface area contributed by atoms with E-state index in [1.807, 2.05) is 18.2 Å². The number of aryl methyl sites for hydroxylation is 1. The first kappa shape index (κ1) is 17.8. The topological polar surface area (TPSA) is 41.1 Å². The molecule has 112 valence electrons. The molecule has 1 heterocycles. The van der Waals surface area contributed by atoms with E-state index < -0.39 is 0 Å². The molecule has 0 bridgehead atoms. The van der Waals surface area contributed by atoms with Gasteiger partial charge in [-0.25, -0.2) is 0 Å². The summed E-state index contributed by atoms with van der Waals surface area (Å²) in [5.41, 5.74) is 1.07. The summed E-state index contributed by atoms with van der Waals surface area (Å²) in [6, 6.07) is 5.94. The Labute approximate surface area is 139 Å². The van der Waals surface area contributed by atoms with E-state index in [9.17, 15) is 4.79 Å². The molecule has 6 heteroatoms. The number of carbonyl (C=O) groups excluding carboxylic acids is 1. The van der Waals surface area contributed by atoms with Crippen molar-refractivity contribution in [2.24, 2.45) is 0 Å². The van der Waals surface area contributed by atoms with Gasteiger partial charge in [0.25, 0.3) is 0 Å². The van der Waals surface area contributed by atoms with Gasteiger partial charge in [0.1, 0.15) is 0 Å². The quantitative estimate of drug-likeness (QED) is 0.839. The predicted octanol–water partition coefficient (Wildman–Crippen LogP) is 3.33. The minimum absolute atomic E-state index is 0. The van der Waals surface area contributed by atoms with Crippen molar-refractivity contribution in [3.63, 3.8) is 0 Å². The molecule has 1 saturated heterocycles. The van der Waals surface area contributed by atoms with Gasteiger partial charge < -0.3 is 10.6 Å². The van der Waals surface area contributed by atoms with Gasteiger partial charge in [0.2, 0.25) is 5.91 Å². The summed E-state index contributed by atoms with van der Waals surface area (Å²) >= 11 is 9.44. The molecule has 0 spiro atoms. The van der Waals surface area contributed by atoms with Crippen molar-refractivity contribution < 1.29 is 4.79 Å². The van der Waals surface area contributed by atoms with Crippen LogP contribution in [0.2, 0.25) is 5.02 Å². The Morgan fingerprint density at radius 1 is 1.50 bits per heavy atom. The summed E-state index contributed by atoms with van der Waals surface area (Å²) in [7, 11) is 0. The van der Waals surface area contributed by atoms with Crippen LogP contribution in [0.4, 0.5) is 0 Å². The van der Waals surface area contributed by atoms with Gasteiger partial charge in [-0.05, 0) is 49.6 Å². The molecule has 0 saturated carbocycles. The Kier molecular flexibility index (Phi) is 7.88. The van der Waals surface area contributed by atoms with E-state index in [-0.39, 0.29) is 24.4 Å². The SMILES string of the molecule is Cl.O=C(CCc1cc(Cl)ccc1Br)N[C@H]1CCCNC1. The first-order chi connectivity index (χ1) is 9.15. The molecule has 1 aliphatic heterocycles. The van der Waals surface area contributed by atoms with Crippen molar-refractivity contribution in [2.75, 3.05) is 13.1 Å². The third kappa shape index (κ3) is 5.60. The van der Waals surface area contributed by atoms with Crippen molar-refractivity contribution in [3.05, 3.63) is 33.3 Å². The van der Waals surface area contributed by atoms with Crippen LogP contribution in [-0.4, -0.2) is 25.0 Å². The Hall–Kier alpha value is -0.290. The van der Waals surface area contributed by atoms with Crippen molar-refractivity contribution in [1.82, 2.24) is 10.6 Å². The molecule has 20 heavy (non-hydrogen) atoms. The highest BCUT2D eigenvalue weighted by molar-refractivity contribution is 9.10. The number of halogens is 3. The van der Waals surface area contributed by atoms with Crippen LogP contribution in [0.1, 0.15) is 24.8 Å². The lowest BCUT2D eigenvalue weighted by atomic mass is 10.1. The number of rotatable bonds is 4. The van der Waals surface area contributed by atoms with Crippen LogP contribution in [0, 0.1) is 0 Å². The molecule has 1 amide bonds. The number of piperidine rings is 1. The maximum atomic E-state index is 11.9. The number of nitrogens with one attached hydrogen (secondary N) is 2. The van der Waals surface area contributed by atoms with Crippen LogP contribution in [0.25, 0.3) is 0 Å². The second-order valence-electron chi connectivity index (χ2n) is 4.85. The second-order valence-corrected chi connectivity index (χ2v) is 6.14. The Morgan fingerprint density at radius 2 is 2.30 bits per heavy atom. The van der Waals surface area contributed by atoms with Gasteiger partial charge in [-0.15, -0.1) is 12.4 Å². The monoisotopic (exact) mass is 380 g/mol. The van der Waals surface area contributed by atoms with Crippen molar-refractivity contribution in [2.45, 2.75) is 31.7 Å². The summed E-state index contributed by atoms with van der Waals surface area (Å²) < 4.78 is 1.00. The van der Waals surface area contributed by atoms with Gasteiger partial charge in [-0.3, -0.25) is 4.79 Å². The standard InChI is InChI=1S/C14H18BrClN2O.ClH/c15-13-5-4-11(16)8-10(13)3-6-14(19)18-12-2-1-7-17-9-12;/h4-5,8,12,17H,1-3,6-7,9H2,(H,18,19);1H/t12-;/m0./s1. The number of benzene rings is 1. The van der Waals surface area contributed by atoms with E-state index in [1.165, 1.54) is 0 Å². The lowest BCUT2D eigenvalue weighted by Gasteiger charge is -2.23. The molecule has 0 aromatic heterocycles. The lowest BCUT2D eigenvalue weighted by molar-refractivity contribution is -0.121. The van der Waals surface area contributed by atoms with Gasteiger partial charge >= 0.3 is 0 Å². The average molecular weight is 382 g/mol. The smallest absolute Gasteiger partial charge is 0.220 e. The van der Waals surface area contributed by atoms with Crippen LogP contribution in [-0.2, 0) is 11.2 Å². The van der Waals surface area contributed by atoms with Crippen LogP contribution in [0.5, 0.6) is 0 Å². The van der Waals surface area contributed by atoms with Crippen LogP contribution < -0.4 is 10.6 Å². The highest BCUT2D eigenvalue weighted by Gasteiger charge is 2.15. The second kappa shape index (κ2) is 8.88.